The highest BCUT2D eigenvalue weighted by atomic mass is 16.6. The van der Waals surface area contributed by atoms with Gasteiger partial charge in [-0.05, 0) is 135 Å². The molecule has 0 aliphatic heterocycles. The van der Waals surface area contributed by atoms with Crippen molar-refractivity contribution in [2.45, 2.75) is 322 Å². The van der Waals surface area contributed by atoms with Crippen molar-refractivity contribution in [2.24, 2.45) is 0 Å². The van der Waals surface area contributed by atoms with Crippen molar-refractivity contribution >= 4 is 17.9 Å². The van der Waals surface area contributed by atoms with Gasteiger partial charge in [-0.1, -0.05) is 284 Å². The Morgan fingerprint density at radius 3 is 0.765 bits per heavy atom. The van der Waals surface area contributed by atoms with E-state index in [0.29, 0.717) is 19.3 Å². The number of esters is 3. The van der Waals surface area contributed by atoms with Gasteiger partial charge in [0.1, 0.15) is 13.2 Å². The molecule has 0 aromatic carbocycles. The highest BCUT2D eigenvalue weighted by Gasteiger charge is 2.19. The maximum atomic E-state index is 12.9. The molecule has 0 heterocycles. The minimum atomic E-state index is -0.797. The maximum absolute atomic E-state index is 12.9. The summed E-state index contributed by atoms with van der Waals surface area (Å²) in [6.07, 6.45) is 94.9. The van der Waals surface area contributed by atoms with Crippen LogP contribution in [0.15, 0.2) is 122 Å². The van der Waals surface area contributed by atoms with E-state index < -0.39 is 6.10 Å². The topological polar surface area (TPSA) is 78.9 Å². The molecule has 0 aliphatic carbocycles. The van der Waals surface area contributed by atoms with E-state index >= 15 is 0 Å². The van der Waals surface area contributed by atoms with Crippen LogP contribution in [0.5, 0.6) is 0 Å². The third-order valence-electron chi connectivity index (χ3n) is 14.4. The SMILES string of the molecule is CC/C=C\C/C=C\C/C=C\C/C=C\C/C=C\C/C=C\C/C=C\CCCCCCCC(=O)OCC(COC(=O)CCCCCCC/C=C\CCCCCCCC)OC(=O)CCCCCCCCCCC/C=C\C/C=C\CCCCCCC. The largest absolute Gasteiger partial charge is 0.462 e. The number of hydrogen-bond acceptors (Lipinski definition) is 6. The third kappa shape index (κ3) is 66.5. The molecule has 0 saturated carbocycles. The van der Waals surface area contributed by atoms with Crippen LogP contribution in [0.1, 0.15) is 316 Å². The summed E-state index contributed by atoms with van der Waals surface area (Å²) < 4.78 is 16.9. The van der Waals surface area contributed by atoms with E-state index in [-0.39, 0.29) is 31.1 Å². The Morgan fingerprint density at radius 1 is 0.259 bits per heavy atom. The average molecular weight is 1120 g/mol. The summed E-state index contributed by atoms with van der Waals surface area (Å²) >= 11 is 0. The predicted molar refractivity (Wildman–Crippen MR) is 353 cm³/mol. The summed E-state index contributed by atoms with van der Waals surface area (Å²) in [6.45, 7) is 6.51. The molecule has 0 radical (unpaired) electrons. The lowest BCUT2D eigenvalue weighted by molar-refractivity contribution is -0.167. The first-order valence-corrected chi connectivity index (χ1v) is 34.0. The lowest BCUT2D eigenvalue weighted by Gasteiger charge is -2.18. The average Bonchev–Trinajstić information content (AvgIpc) is 3.47. The van der Waals surface area contributed by atoms with Crippen molar-refractivity contribution in [1.82, 2.24) is 0 Å². The van der Waals surface area contributed by atoms with Crippen molar-refractivity contribution in [1.29, 1.82) is 0 Å². The van der Waals surface area contributed by atoms with E-state index in [1.54, 1.807) is 0 Å². The fourth-order valence-electron chi connectivity index (χ4n) is 9.33. The Hall–Kier alpha value is -4.19. The number of rotatable bonds is 61. The first-order chi connectivity index (χ1) is 40.0. The van der Waals surface area contributed by atoms with Crippen molar-refractivity contribution < 1.29 is 28.6 Å². The lowest BCUT2D eigenvalue weighted by Crippen LogP contribution is -2.30. The molecule has 0 aromatic rings. The molecule has 1 unspecified atom stereocenters. The van der Waals surface area contributed by atoms with Gasteiger partial charge in [0.05, 0.1) is 0 Å². The van der Waals surface area contributed by atoms with E-state index in [2.05, 4.69) is 142 Å². The molecule has 6 heteroatoms. The highest BCUT2D eigenvalue weighted by Crippen LogP contribution is 2.15. The zero-order valence-electron chi connectivity index (χ0n) is 53.0. The number of carbonyl (C=O) groups is 3. The van der Waals surface area contributed by atoms with Crippen LogP contribution >= 0.6 is 0 Å². The fourth-order valence-corrected chi connectivity index (χ4v) is 9.33. The molecule has 462 valence electrons. The Morgan fingerprint density at radius 2 is 0.481 bits per heavy atom. The van der Waals surface area contributed by atoms with E-state index in [0.717, 1.165) is 135 Å². The molecule has 1 atom stereocenters. The monoisotopic (exact) mass is 1120 g/mol. The van der Waals surface area contributed by atoms with Crippen LogP contribution in [-0.4, -0.2) is 37.2 Å². The summed E-state index contributed by atoms with van der Waals surface area (Å²) in [5, 5.41) is 0. The molecule has 0 N–H and O–H groups in total. The first kappa shape index (κ1) is 76.8. The number of ether oxygens (including phenoxy) is 3. The zero-order chi connectivity index (χ0) is 58.5. The quantitative estimate of drug-likeness (QED) is 0.0261. The van der Waals surface area contributed by atoms with Gasteiger partial charge in [0.15, 0.2) is 6.10 Å². The number of unbranched alkanes of at least 4 members (excludes halogenated alkanes) is 30. The van der Waals surface area contributed by atoms with Crippen LogP contribution in [0.4, 0.5) is 0 Å². The van der Waals surface area contributed by atoms with E-state index in [1.807, 2.05) is 0 Å². The van der Waals surface area contributed by atoms with Crippen molar-refractivity contribution in [3.05, 3.63) is 122 Å². The van der Waals surface area contributed by atoms with E-state index in [9.17, 15) is 14.4 Å². The second-order valence-electron chi connectivity index (χ2n) is 22.3. The van der Waals surface area contributed by atoms with Crippen molar-refractivity contribution in [3.8, 4) is 0 Å². The summed E-state index contributed by atoms with van der Waals surface area (Å²) in [4.78, 5) is 38.4. The number of carbonyl (C=O) groups excluding carboxylic acids is 3. The first-order valence-electron chi connectivity index (χ1n) is 34.0. The van der Waals surface area contributed by atoms with E-state index in [4.69, 9.17) is 14.2 Å². The smallest absolute Gasteiger partial charge is 0.306 e. The summed E-state index contributed by atoms with van der Waals surface area (Å²) in [5.74, 6) is -0.915. The van der Waals surface area contributed by atoms with Gasteiger partial charge in [-0.3, -0.25) is 14.4 Å². The Labute approximate surface area is 501 Å². The number of allylic oxidation sites excluding steroid dienone is 20. The molecule has 81 heavy (non-hydrogen) atoms. The molecule has 0 aliphatic rings. The molecule has 0 amide bonds. The van der Waals surface area contributed by atoms with Gasteiger partial charge in [-0.25, -0.2) is 0 Å². The second-order valence-corrected chi connectivity index (χ2v) is 22.3. The molecule has 0 aromatic heterocycles. The molecular formula is C75H126O6. The van der Waals surface area contributed by atoms with Crippen LogP contribution < -0.4 is 0 Å². The lowest BCUT2D eigenvalue weighted by atomic mass is 10.1. The molecular weight excluding hydrogens is 997 g/mol. The van der Waals surface area contributed by atoms with Crippen LogP contribution in [0.2, 0.25) is 0 Å². The van der Waals surface area contributed by atoms with Gasteiger partial charge >= 0.3 is 17.9 Å². The summed E-state index contributed by atoms with van der Waals surface area (Å²) in [6, 6.07) is 0. The van der Waals surface area contributed by atoms with Gasteiger partial charge < -0.3 is 14.2 Å². The minimum Gasteiger partial charge on any atom is -0.462 e. The van der Waals surface area contributed by atoms with Crippen LogP contribution in [0, 0.1) is 0 Å². The van der Waals surface area contributed by atoms with E-state index in [1.165, 1.54) is 141 Å². The molecule has 0 spiro atoms. The molecule has 6 nitrogen and oxygen atoms in total. The highest BCUT2D eigenvalue weighted by molar-refractivity contribution is 5.71. The Balaban J connectivity index is 4.42. The molecule has 0 fully saturated rings. The molecule has 0 saturated heterocycles. The van der Waals surface area contributed by atoms with Gasteiger partial charge in [-0.2, -0.15) is 0 Å². The van der Waals surface area contributed by atoms with Crippen LogP contribution in [0.3, 0.4) is 0 Å². The maximum Gasteiger partial charge on any atom is 0.306 e. The predicted octanol–water partition coefficient (Wildman–Crippen LogP) is 23.6. The van der Waals surface area contributed by atoms with Crippen molar-refractivity contribution in [2.75, 3.05) is 13.2 Å². The number of hydrogen-bond donors (Lipinski definition) is 0. The summed E-state index contributed by atoms with van der Waals surface area (Å²) in [5.41, 5.74) is 0. The van der Waals surface area contributed by atoms with Gasteiger partial charge in [-0.15, -0.1) is 0 Å². The van der Waals surface area contributed by atoms with Crippen LogP contribution in [-0.2, 0) is 28.6 Å². The van der Waals surface area contributed by atoms with Gasteiger partial charge in [0.25, 0.3) is 0 Å². The Bertz CT molecular complexity index is 1670. The zero-order valence-corrected chi connectivity index (χ0v) is 53.0. The van der Waals surface area contributed by atoms with Gasteiger partial charge in [0.2, 0.25) is 0 Å². The van der Waals surface area contributed by atoms with Gasteiger partial charge in [0, 0.05) is 19.3 Å². The standard InChI is InChI=1S/C75H126O6/c1-4-7-10-13-16-19-22-25-28-30-32-34-35-36-37-38-39-41-42-44-47-50-53-56-59-62-65-68-74(77)80-71-72(70-79-73(76)67-64-61-58-55-52-49-46-27-24-21-18-15-12-9-6-3)81-75(78)69-66-63-60-57-54-51-48-45-43-40-33-31-29-26-23-20-17-14-11-8-5-2/h7,10,16,19,23,25-28,31-34,36-37,39,41,44,46-47,72H,4-6,8-9,11-15,17-18,20-22,24,29-30,35,38,40,42-43,45,48-71H2,1-3H3/b10-7-,19-16-,26-23-,28-25-,33-31-,34-32-,37-36-,41-39-,46-27-,47-44-. The third-order valence-corrected chi connectivity index (χ3v) is 14.4. The summed E-state index contributed by atoms with van der Waals surface area (Å²) in [7, 11) is 0. The van der Waals surface area contributed by atoms with Crippen LogP contribution in [0.25, 0.3) is 0 Å². The normalized spacial score (nSPS) is 12.9. The molecule has 0 bridgehead atoms. The fraction of sp³-hybridized carbons (Fsp3) is 0.693. The molecule has 0 rings (SSSR count). The minimum absolute atomic E-state index is 0.0916. The van der Waals surface area contributed by atoms with Crippen molar-refractivity contribution in [3.63, 3.8) is 0 Å². The Kier molecular flexibility index (Phi) is 64.8. The second kappa shape index (κ2) is 68.3.